The largest absolute Gasteiger partial charge is 0.451 e. The van der Waals surface area contributed by atoms with E-state index in [4.69, 9.17) is 4.74 Å². The minimum atomic E-state index is 0.930. The minimum Gasteiger partial charge on any atom is -0.451 e. The van der Waals surface area contributed by atoms with Gasteiger partial charge in [-0.05, 0) is 36.8 Å². The van der Waals surface area contributed by atoms with Crippen LogP contribution in [0.15, 0.2) is 46.2 Å². The predicted molar refractivity (Wildman–Crippen MR) is 79.8 cm³/mol. The molecule has 0 bridgehead atoms. The van der Waals surface area contributed by atoms with Crippen LogP contribution in [0.1, 0.15) is 0 Å². The van der Waals surface area contributed by atoms with Crippen LogP contribution in [0.25, 0.3) is 0 Å². The van der Waals surface area contributed by atoms with Crippen LogP contribution in [0.3, 0.4) is 0 Å². The zero-order valence-electron chi connectivity index (χ0n) is 10.2. The molecule has 2 aromatic rings. The smallest absolute Gasteiger partial charge is 0.164 e. The predicted octanol–water partition coefficient (Wildman–Crippen LogP) is 4.98. The maximum Gasteiger partial charge on any atom is 0.164 e. The van der Waals surface area contributed by atoms with E-state index in [1.165, 1.54) is 0 Å². The van der Waals surface area contributed by atoms with Gasteiger partial charge in [-0.25, -0.2) is 0 Å². The first kappa shape index (κ1) is 11.8. The second kappa shape index (κ2) is 4.78. The van der Waals surface area contributed by atoms with Gasteiger partial charge in [-0.15, -0.1) is 23.5 Å². The fourth-order valence-electron chi connectivity index (χ4n) is 2.01. The van der Waals surface area contributed by atoms with Crippen LogP contribution in [-0.4, -0.2) is 12.5 Å². The molecule has 0 aliphatic carbocycles. The standard InChI is InChI=1S/C14H13NOS2/c1-17-11-7-3-5-9-13(11)16-14-10(15-9)6-4-8-12(14)18-2/h3-8,15H,1-2H3. The van der Waals surface area contributed by atoms with Crippen molar-refractivity contribution in [1.29, 1.82) is 0 Å². The first-order chi connectivity index (χ1) is 8.83. The van der Waals surface area contributed by atoms with Gasteiger partial charge in [0.05, 0.1) is 21.2 Å². The second-order valence-corrected chi connectivity index (χ2v) is 5.60. The van der Waals surface area contributed by atoms with E-state index in [1.54, 1.807) is 23.5 Å². The number of hydrogen-bond acceptors (Lipinski definition) is 4. The summed E-state index contributed by atoms with van der Waals surface area (Å²) in [7, 11) is 0. The topological polar surface area (TPSA) is 21.3 Å². The van der Waals surface area contributed by atoms with Crippen molar-refractivity contribution in [3.63, 3.8) is 0 Å². The minimum absolute atomic E-state index is 0.930. The Morgan fingerprint density at radius 3 is 1.78 bits per heavy atom. The monoisotopic (exact) mass is 275 g/mol. The summed E-state index contributed by atoms with van der Waals surface area (Å²) in [6.07, 6.45) is 4.13. The molecule has 2 aromatic carbocycles. The maximum atomic E-state index is 6.12. The van der Waals surface area contributed by atoms with E-state index in [9.17, 15) is 0 Å². The quantitative estimate of drug-likeness (QED) is 0.666. The van der Waals surface area contributed by atoms with Gasteiger partial charge in [-0.2, -0.15) is 0 Å². The SMILES string of the molecule is CSc1cccc2c1Oc1c(cccc1SC)N2. The fraction of sp³-hybridized carbons (Fsp3) is 0.143. The van der Waals surface area contributed by atoms with E-state index in [0.717, 1.165) is 32.7 Å². The molecule has 1 N–H and O–H groups in total. The van der Waals surface area contributed by atoms with Crippen LogP contribution in [0, 0.1) is 0 Å². The zero-order valence-corrected chi connectivity index (χ0v) is 11.8. The van der Waals surface area contributed by atoms with Gasteiger partial charge in [0.25, 0.3) is 0 Å². The van der Waals surface area contributed by atoms with Crippen molar-refractivity contribution in [1.82, 2.24) is 0 Å². The Morgan fingerprint density at radius 1 is 0.833 bits per heavy atom. The van der Waals surface area contributed by atoms with Crippen LogP contribution < -0.4 is 10.1 Å². The Kier molecular flexibility index (Phi) is 3.14. The number of nitrogens with one attached hydrogen (secondary N) is 1. The molecule has 1 heterocycles. The van der Waals surface area contributed by atoms with Crippen molar-refractivity contribution >= 4 is 34.9 Å². The average molecular weight is 275 g/mol. The molecule has 4 heteroatoms. The molecule has 0 aromatic heterocycles. The Bertz CT molecular complexity index is 547. The Hall–Kier alpha value is -1.26. The summed E-state index contributed by atoms with van der Waals surface area (Å²) >= 11 is 3.40. The van der Waals surface area contributed by atoms with Gasteiger partial charge in [-0.3, -0.25) is 0 Å². The molecule has 2 nitrogen and oxygen atoms in total. The number of hydrogen-bond donors (Lipinski definition) is 1. The molecular weight excluding hydrogens is 262 g/mol. The highest BCUT2D eigenvalue weighted by Gasteiger charge is 2.21. The molecule has 0 fully saturated rings. The molecule has 0 radical (unpaired) electrons. The lowest BCUT2D eigenvalue weighted by molar-refractivity contribution is 0.459. The van der Waals surface area contributed by atoms with Crippen molar-refractivity contribution in [2.45, 2.75) is 9.79 Å². The molecular formula is C14H13NOS2. The Morgan fingerprint density at radius 2 is 1.33 bits per heavy atom. The molecule has 0 atom stereocenters. The number of benzene rings is 2. The average Bonchev–Trinajstić information content (AvgIpc) is 2.43. The van der Waals surface area contributed by atoms with Gasteiger partial charge in [0.15, 0.2) is 11.5 Å². The van der Waals surface area contributed by atoms with E-state index >= 15 is 0 Å². The van der Waals surface area contributed by atoms with Crippen molar-refractivity contribution < 1.29 is 4.74 Å². The number of thioether (sulfide) groups is 2. The van der Waals surface area contributed by atoms with Crippen LogP contribution in [0.5, 0.6) is 11.5 Å². The van der Waals surface area contributed by atoms with Gasteiger partial charge in [0.2, 0.25) is 0 Å². The lowest BCUT2D eigenvalue weighted by atomic mass is 10.2. The second-order valence-electron chi connectivity index (χ2n) is 3.90. The Labute approximate surface area is 115 Å². The summed E-state index contributed by atoms with van der Waals surface area (Å²) < 4.78 is 6.12. The molecule has 0 saturated carbocycles. The number of fused-ring (bicyclic) bond motifs is 2. The van der Waals surface area contributed by atoms with Gasteiger partial charge in [0.1, 0.15) is 0 Å². The molecule has 92 valence electrons. The van der Waals surface area contributed by atoms with Crippen LogP contribution in [0.2, 0.25) is 0 Å². The third-order valence-electron chi connectivity index (χ3n) is 2.87. The molecule has 3 rings (SSSR count). The lowest BCUT2D eigenvalue weighted by Gasteiger charge is -2.24. The third kappa shape index (κ3) is 1.85. The van der Waals surface area contributed by atoms with E-state index in [0.29, 0.717) is 0 Å². The maximum absolute atomic E-state index is 6.12. The first-order valence-electron chi connectivity index (χ1n) is 5.62. The van der Waals surface area contributed by atoms with Crippen LogP contribution in [0.4, 0.5) is 11.4 Å². The summed E-state index contributed by atoms with van der Waals surface area (Å²) in [6.45, 7) is 0. The van der Waals surface area contributed by atoms with Crippen LogP contribution >= 0.6 is 23.5 Å². The highest BCUT2D eigenvalue weighted by molar-refractivity contribution is 7.99. The van der Waals surface area contributed by atoms with Crippen molar-refractivity contribution in [2.75, 3.05) is 17.8 Å². The summed E-state index contributed by atoms with van der Waals surface area (Å²) in [4.78, 5) is 2.31. The molecule has 0 unspecified atom stereocenters. The summed E-state index contributed by atoms with van der Waals surface area (Å²) in [6, 6.07) is 12.3. The highest BCUT2D eigenvalue weighted by atomic mass is 32.2. The first-order valence-corrected chi connectivity index (χ1v) is 8.07. The molecule has 0 spiro atoms. The normalized spacial score (nSPS) is 12.1. The number of ether oxygens (including phenoxy) is 1. The number of anilines is 2. The van der Waals surface area contributed by atoms with Gasteiger partial charge in [0, 0.05) is 0 Å². The van der Waals surface area contributed by atoms with E-state index in [2.05, 4.69) is 30.0 Å². The van der Waals surface area contributed by atoms with Crippen molar-refractivity contribution in [3.8, 4) is 11.5 Å². The summed E-state index contributed by atoms with van der Waals surface area (Å²) in [5, 5.41) is 3.44. The third-order valence-corrected chi connectivity index (χ3v) is 4.39. The fourth-order valence-corrected chi connectivity index (χ4v) is 3.11. The lowest BCUT2D eigenvalue weighted by Crippen LogP contribution is -2.04. The highest BCUT2D eigenvalue weighted by Crippen LogP contribution is 2.49. The van der Waals surface area contributed by atoms with Crippen molar-refractivity contribution in [2.24, 2.45) is 0 Å². The van der Waals surface area contributed by atoms with Crippen LogP contribution in [-0.2, 0) is 0 Å². The van der Waals surface area contributed by atoms with E-state index < -0.39 is 0 Å². The van der Waals surface area contributed by atoms with E-state index in [1.807, 2.05) is 24.3 Å². The molecule has 18 heavy (non-hydrogen) atoms. The van der Waals surface area contributed by atoms with Gasteiger partial charge in [-0.1, -0.05) is 12.1 Å². The van der Waals surface area contributed by atoms with E-state index in [-0.39, 0.29) is 0 Å². The summed E-state index contributed by atoms with van der Waals surface area (Å²) in [5.74, 6) is 1.86. The molecule has 0 saturated heterocycles. The summed E-state index contributed by atoms with van der Waals surface area (Å²) in [5.41, 5.74) is 2.07. The number of rotatable bonds is 2. The van der Waals surface area contributed by atoms with Gasteiger partial charge >= 0.3 is 0 Å². The molecule has 0 amide bonds. The zero-order chi connectivity index (χ0) is 12.5. The van der Waals surface area contributed by atoms with Crippen molar-refractivity contribution in [3.05, 3.63) is 36.4 Å². The molecule has 1 aliphatic heterocycles. The molecule has 1 aliphatic rings. The van der Waals surface area contributed by atoms with Gasteiger partial charge < -0.3 is 10.1 Å². The Balaban J connectivity index is 2.12. The number of para-hydroxylation sites is 2.